The summed E-state index contributed by atoms with van der Waals surface area (Å²) in [6.07, 6.45) is 7.04. The molecule has 0 unspecified atom stereocenters. The summed E-state index contributed by atoms with van der Waals surface area (Å²) in [4.78, 5) is 21.0. The number of anilines is 1. The molecule has 2 N–H and O–H groups in total. The van der Waals surface area contributed by atoms with Crippen LogP contribution < -0.4 is 10.6 Å². The molecule has 0 bridgehead atoms. The first-order valence-electron chi connectivity index (χ1n) is 10.1. The predicted molar refractivity (Wildman–Crippen MR) is 114 cm³/mol. The van der Waals surface area contributed by atoms with Crippen LogP contribution in [0.25, 0.3) is 11.0 Å². The Hall–Kier alpha value is -2.99. The van der Waals surface area contributed by atoms with Gasteiger partial charge in [-0.1, -0.05) is 0 Å². The van der Waals surface area contributed by atoms with Gasteiger partial charge in [0.15, 0.2) is 5.65 Å². The minimum Gasteiger partial charge on any atom is -0.467 e. The number of sulfonamides is 1. The molecule has 4 rings (SSSR count). The minimum absolute atomic E-state index is 0.0555. The molecule has 1 fully saturated rings. The highest BCUT2D eigenvalue weighted by Gasteiger charge is 2.28. The lowest BCUT2D eigenvalue weighted by Gasteiger charge is -2.29. The number of aromatic nitrogens is 4. The molecule has 1 aliphatic rings. The van der Waals surface area contributed by atoms with E-state index in [0.717, 1.165) is 11.1 Å². The molecule has 1 amide bonds. The van der Waals surface area contributed by atoms with E-state index >= 15 is 0 Å². The standard InChI is InChI=1S/C19H25N7O4S/c1-31(28,29)25-7-4-14(5-8-25)19(27)20-6-9-26-18-16(12-24-26)17(22-13-23-18)21-11-15-3-2-10-30-15/h2-3,10,12-14H,4-9,11H2,1H3,(H,20,27)(H,21,22,23). The maximum absolute atomic E-state index is 12.4. The summed E-state index contributed by atoms with van der Waals surface area (Å²) in [6, 6.07) is 3.70. The fourth-order valence-electron chi connectivity index (χ4n) is 3.66. The fourth-order valence-corrected chi connectivity index (χ4v) is 4.53. The molecular weight excluding hydrogens is 422 g/mol. The summed E-state index contributed by atoms with van der Waals surface area (Å²) in [6.45, 7) is 2.13. The predicted octanol–water partition coefficient (Wildman–Crippen LogP) is 0.819. The normalized spacial score (nSPS) is 15.9. The Balaban J connectivity index is 1.30. The molecule has 0 atom stereocenters. The molecule has 0 aliphatic carbocycles. The Labute approximate surface area is 179 Å². The van der Waals surface area contributed by atoms with Gasteiger partial charge < -0.3 is 15.1 Å². The van der Waals surface area contributed by atoms with Crippen molar-refractivity contribution in [3.05, 3.63) is 36.7 Å². The summed E-state index contributed by atoms with van der Waals surface area (Å²) in [5.74, 6) is 1.23. The van der Waals surface area contributed by atoms with Crippen LogP contribution in [-0.2, 0) is 27.9 Å². The van der Waals surface area contributed by atoms with E-state index in [1.54, 1.807) is 17.1 Å². The van der Waals surface area contributed by atoms with Crippen molar-refractivity contribution >= 4 is 32.8 Å². The lowest BCUT2D eigenvalue weighted by atomic mass is 9.97. The monoisotopic (exact) mass is 447 g/mol. The van der Waals surface area contributed by atoms with Crippen LogP contribution in [0.1, 0.15) is 18.6 Å². The molecule has 31 heavy (non-hydrogen) atoms. The first kappa shape index (κ1) is 21.2. The highest BCUT2D eigenvalue weighted by atomic mass is 32.2. The molecule has 3 aromatic heterocycles. The van der Waals surface area contributed by atoms with E-state index in [0.29, 0.717) is 57.0 Å². The lowest BCUT2D eigenvalue weighted by molar-refractivity contribution is -0.126. The van der Waals surface area contributed by atoms with E-state index in [9.17, 15) is 13.2 Å². The summed E-state index contributed by atoms with van der Waals surface area (Å²) in [5, 5.41) is 11.3. The number of hydrogen-bond acceptors (Lipinski definition) is 8. The molecule has 4 heterocycles. The molecule has 0 saturated carbocycles. The van der Waals surface area contributed by atoms with Crippen LogP contribution in [0.5, 0.6) is 0 Å². The van der Waals surface area contributed by atoms with E-state index in [-0.39, 0.29) is 11.8 Å². The molecule has 0 spiro atoms. The van der Waals surface area contributed by atoms with Crippen LogP contribution >= 0.6 is 0 Å². The van der Waals surface area contributed by atoms with Crippen molar-refractivity contribution < 1.29 is 17.6 Å². The first-order valence-corrected chi connectivity index (χ1v) is 11.9. The number of piperidine rings is 1. The van der Waals surface area contributed by atoms with Crippen LogP contribution in [0.2, 0.25) is 0 Å². The SMILES string of the molecule is CS(=O)(=O)N1CCC(C(=O)NCCn2ncc3c(NCc4ccco4)ncnc32)CC1. The highest BCUT2D eigenvalue weighted by Crippen LogP contribution is 2.20. The Morgan fingerprint density at radius 1 is 1.29 bits per heavy atom. The molecule has 3 aromatic rings. The number of amides is 1. The second-order valence-electron chi connectivity index (χ2n) is 7.49. The van der Waals surface area contributed by atoms with Crippen molar-refractivity contribution in [3.8, 4) is 0 Å². The average Bonchev–Trinajstić information content (AvgIpc) is 3.42. The van der Waals surface area contributed by atoms with Crippen molar-refractivity contribution in [2.24, 2.45) is 5.92 Å². The summed E-state index contributed by atoms with van der Waals surface area (Å²) < 4.78 is 31.7. The third-order valence-electron chi connectivity index (χ3n) is 5.36. The van der Waals surface area contributed by atoms with E-state index in [1.807, 2.05) is 12.1 Å². The zero-order valence-electron chi connectivity index (χ0n) is 17.2. The van der Waals surface area contributed by atoms with Crippen LogP contribution in [0.4, 0.5) is 5.82 Å². The molecule has 166 valence electrons. The molecular formula is C19H25N7O4S. The fraction of sp³-hybridized carbons (Fsp3) is 0.474. The molecule has 12 heteroatoms. The number of carbonyl (C=O) groups excluding carboxylic acids is 1. The van der Waals surface area contributed by atoms with Gasteiger partial charge in [-0.2, -0.15) is 5.10 Å². The largest absolute Gasteiger partial charge is 0.467 e. The van der Waals surface area contributed by atoms with Crippen molar-refractivity contribution in [1.82, 2.24) is 29.4 Å². The van der Waals surface area contributed by atoms with Crippen LogP contribution in [-0.4, -0.2) is 64.3 Å². The van der Waals surface area contributed by atoms with Gasteiger partial charge >= 0.3 is 0 Å². The second kappa shape index (κ2) is 9.02. The van der Waals surface area contributed by atoms with Crippen molar-refractivity contribution in [2.45, 2.75) is 25.9 Å². The highest BCUT2D eigenvalue weighted by molar-refractivity contribution is 7.88. The van der Waals surface area contributed by atoms with Gasteiger partial charge in [-0.25, -0.2) is 27.4 Å². The molecule has 1 aliphatic heterocycles. The Morgan fingerprint density at radius 3 is 2.81 bits per heavy atom. The Kier molecular flexibility index (Phi) is 6.18. The van der Waals surface area contributed by atoms with Gasteiger partial charge in [0.2, 0.25) is 15.9 Å². The molecule has 0 radical (unpaired) electrons. The first-order chi connectivity index (χ1) is 14.9. The van der Waals surface area contributed by atoms with Crippen LogP contribution in [0.3, 0.4) is 0 Å². The number of furan rings is 1. The van der Waals surface area contributed by atoms with E-state index in [4.69, 9.17) is 4.42 Å². The quantitative estimate of drug-likeness (QED) is 0.518. The average molecular weight is 448 g/mol. The third kappa shape index (κ3) is 5.02. The second-order valence-corrected chi connectivity index (χ2v) is 9.47. The van der Waals surface area contributed by atoms with Gasteiger partial charge in [-0.15, -0.1) is 0 Å². The maximum atomic E-state index is 12.4. The number of hydrogen-bond donors (Lipinski definition) is 2. The van der Waals surface area contributed by atoms with Gasteiger partial charge in [-0.05, 0) is 25.0 Å². The number of nitrogens with zero attached hydrogens (tertiary/aromatic N) is 5. The van der Waals surface area contributed by atoms with Crippen molar-refractivity contribution in [2.75, 3.05) is 31.2 Å². The van der Waals surface area contributed by atoms with Gasteiger partial charge in [0.25, 0.3) is 0 Å². The van der Waals surface area contributed by atoms with Crippen LogP contribution in [0.15, 0.2) is 35.3 Å². The zero-order chi connectivity index (χ0) is 21.8. The summed E-state index contributed by atoms with van der Waals surface area (Å²) in [7, 11) is -3.20. The van der Waals surface area contributed by atoms with Crippen molar-refractivity contribution in [3.63, 3.8) is 0 Å². The molecule has 1 saturated heterocycles. The maximum Gasteiger partial charge on any atom is 0.223 e. The van der Waals surface area contributed by atoms with Gasteiger partial charge in [0, 0.05) is 25.6 Å². The van der Waals surface area contributed by atoms with Gasteiger partial charge in [0.05, 0.1) is 37.2 Å². The third-order valence-corrected chi connectivity index (χ3v) is 6.66. The minimum atomic E-state index is -3.20. The van der Waals surface area contributed by atoms with E-state index in [2.05, 4.69) is 25.7 Å². The molecule has 11 nitrogen and oxygen atoms in total. The lowest BCUT2D eigenvalue weighted by Crippen LogP contribution is -2.43. The number of fused-ring (bicyclic) bond motifs is 1. The van der Waals surface area contributed by atoms with E-state index < -0.39 is 10.0 Å². The summed E-state index contributed by atoms with van der Waals surface area (Å²) >= 11 is 0. The van der Waals surface area contributed by atoms with Gasteiger partial charge in [0.1, 0.15) is 17.9 Å². The number of rotatable bonds is 8. The molecule has 0 aromatic carbocycles. The number of nitrogens with one attached hydrogen (secondary N) is 2. The van der Waals surface area contributed by atoms with E-state index in [1.165, 1.54) is 16.9 Å². The smallest absolute Gasteiger partial charge is 0.223 e. The Morgan fingerprint density at radius 2 is 2.10 bits per heavy atom. The zero-order valence-corrected chi connectivity index (χ0v) is 18.0. The number of carbonyl (C=O) groups is 1. The topological polar surface area (TPSA) is 135 Å². The Bertz CT molecular complexity index is 1140. The van der Waals surface area contributed by atoms with Crippen molar-refractivity contribution in [1.29, 1.82) is 0 Å². The van der Waals surface area contributed by atoms with Crippen LogP contribution in [0, 0.1) is 5.92 Å². The summed E-state index contributed by atoms with van der Waals surface area (Å²) in [5.41, 5.74) is 0.674. The van der Waals surface area contributed by atoms with Gasteiger partial charge in [-0.3, -0.25) is 4.79 Å².